The lowest BCUT2D eigenvalue weighted by molar-refractivity contribution is -0.124. The smallest absolute Gasteiger partial charge is 0.224 e. The van der Waals surface area contributed by atoms with Gasteiger partial charge in [0.15, 0.2) is 0 Å². The van der Waals surface area contributed by atoms with Crippen LogP contribution < -0.4 is 5.32 Å². The number of carbonyl (C=O) groups excluding carboxylic acids is 1. The summed E-state index contributed by atoms with van der Waals surface area (Å²) in [5, 5.41) is 3.04. The normalized spacial score (nSPS) is 23.2. The van der Waals surface area contributed by atoms with Crippen molar-refractivity contribution in [3.63, 3.8) is 0 Å². The van der Waals surface area contributed by atoms with Gasteiger partial charge in [0.05, 0.1) is 12.6 Å². The Bertz CT molecular complexity index is 269. The monoisotopic (exact) mass is 261 g/mol. The van der Waals surface area contributed by atoms with Gasteiger partial charge in [-0.25, -0.2) is 0 Å². The molecule has 0 aromatic carbocycles. The first-order chi connectivity index (χ1) is 7.79. The van der Waals surface area contributed by atoms with Crippen molar-refractivity contribution < 1.29 is 9.53 Å². The fourth-order valence-electron chi connectivity index (χ4n) is 2.67. The minimum absolute atomic E-state index is 0.0252. The molecular weight excluding hydrogens is 238 g/mol. The molecule has 1 amide bonds. The first kappa shape index (κ1) is 14.8. The van der Waals surface area contributed by atoms with E-state index in [1.54, 1.807) is 7.11 Å². The molecule has 1 atom stereocenters. The van der Waals surface area contributed by atoms with E-state index < -0.39 is 0 Å². The molecule has 0 aromatic heterocycles. The van der Waals surface area contributed by atoms with Crippen molar-refractivity contribution in [3.8, 4) is 0 Å². The second-order valence-corrected chi connectivity index (χ2v) is 6.39. The van der Waals surface area contributed by atoms with E-state index in [9.17, 15) is 4.79 Å². The third kappa shape index (κ3) is 2.76. The van der Waals surface area contributed by atoms with E-state index >= 15 is 0 Å². The van der Waals surface area contributed by atoms with Crippen LogP contribution in [0.1, 0.15) is 34.1 Å². The Morgan fingerprint density at radius 1 is 1.35 bits per heavy atom. The number of carbonyl (C=O) groups is 1. The Labute approximate surface area is 109 Å². The molecule has 17 heavy (non-hydrogen) atoms. The summed E-state index contributed by atoms with van der Waals surface area (Å²) >= 11 is 5.72. The summed E-state index contributed by atoms with van der Waals surface area (Å²) in [5.41, 5.74) is 0.158. The molecule has 100 valence electrons. The molecule has 1 rings (SSSR count). The van der Waals surface area contributed by atoms with Crippen molar-refractivity contribution in [3.05, 3.63) is 0 Å². The lowest BCUT2D eigenvalue weighted by Gasteiger charge is -2.17. The molecule has 1 N–H and O–H groups in total. The highest BCUT2D eigenvalue weighted by atomic mass is 35.5. The van der Waals surface area contributed by atoms with Crippen LogP contribution in [0.25, 0.3) is 0 Å². The highest BCUT2D eigenvalue weighted by Crippen LogP contribution is 2.68. The number of alkyl halides is 1. The molecule has 0 bridgehead atoms. The van der Waals surface area contributed by atoms with Gasteiger partial charge < -0.3 is 10.1 Å². The number of hydrogen-bond acceptors (Lipinski definition) is 2. The summed E-state index contributed by atoms with van der Waals surface area (Å²) in [6.07, 6.45) is 0.745. The Kier molecular flexibility index (Phi) is 4.48. The lowest BCUT2D eigenvalue weighted by atomic mass is 10.0. The molecule has 0 heterocycles. The quantitative estimate of drug-likeness (QED) is 0.746. The zero-order chi connectivity index (χ0) is 13.3. The number of hydrogen-bond donors (Lipinski definition) is 1. The molecule has 0 spiro atoms. The number of nitrogens with one attached hydrogen (secondary N) is 1. The van der Waals surface area contributed by atoms with E-state index in [0.717, 1.165) is 6.42 Å². The van der Waals surface area contributed by atoms with Crippen LogP contribution >= 0.6 is 11.6 Å². The number of ether oxygens (including phenoxy) is 1. The maximum Gasteiger partial charge on any atom is 0.224 e. The fraction of sp³-hybridized carbons (Fsp3) is 0.923. The minimum Gasteiger partial charge on any atom is -0.383 e. The maximum absolute atomic E-state index is 12.2. The van der Waals surface area contributed by atoms with Crippen LogP contribution in [0.2, 0.25) is 0 Å². The molecule has 3 nitrogen and oxygen atoms in total. The van der Waals surface area contributed by atoms with Crippen molar-refractivity contribution in [2.24, 2.45) is 16.7 Å². The van der Waals surface area contributed by atoms with Gasteiger partial charge in [0.25, 0.3) is 0 Å². The average Bonchev–Trinajstić information content (AvgIpc) is 2.57. The molecule has 0 aromatic rings. The average molecular weight is 262 g/mol. The Hall–Kier alpha value is -0.280. The zero-order valence-corrected chi connectivity index (χ0v) is 12.2. The Balaban J connectivity index is 2.55. The molecule has 1 fully saturated rings. The topological polar surface area (TPSA) is 38.3 Å². The lowest BCUT2D eigenvalue weighted by Crippen LogP contribution is -2.40. The van der Waals surface area contributed by atoms with Gasteiger partial charge in [-0.3, -0.25) is 4.79 Å². The molecule has 1 saturated carbocycles. The first-order valence-electron chi connectivity index (χ1n) is 6.14. The molecule has 1 aliphatic rings. The molecule has 0 aliphatic heterocycles. The van der Waals surface area contributed by atoms with Crippen LogP contribution in [0.3, 0.4) is 0 Å². The van der Waals surface area contributed by atoms with Crippen LogP contribution in [0.15, 0.2) is 0 Å². The largest absolute Gasteiger partial charge is 0.383 e. The summed E-state index contributed by atoms with van der Waals surface area (Å²) < 4.78 is 5.09. The SMILES string of the molecule is COCC(CCCl)NC(=O)C1C(C)(C)C1(C)C. The van der Waals surface area contributed by atoms with Crippen LogP contribution in [-0.4, -0.2) is 31.5 Å². The molecule has 1 unspecified atom stereocenters. The van der Waals surface area contributed by atoms with Crippen molar-refractivity contribution >= 4 is 17.5 Å². The first-order valence-corrected chi connectivity index (χ1v) is 6.67. The summed E-state index contributed by atoms with van der Waals surface area (Å²) in [4.78, 5) is 12.2. The summed E-state index contributed by atoms with van der Waals surface area (Å²) in [6.45, 7) is 9.09. The highest BCUT2D eigenvalue weighted by Gasteiger charge is 2.68. The molecule has 1 aliphatic carbocycles. The van der Waals surface area contributed by atoms with E-state index in [4.69, 9.17) is 16.3 Å². The van der Waals surface area contributed by atoms with Crippen molar-refractivity contribution in [2.45, 2.75) is 40.2 Å². The van der Waals surface area contributed by atoms with Gasteiger partial charge in [-0.2, -0.15) is 0 Å². The molecule has 0 saturated heterocycles. The minimum atomic E-state index is 0.0252. The van der Waals surface area contributed by atoms with E-state index in [2.05, 4.69) is 33.0 Å². The predicted octanol–water partition coefficient (Wildman–Crippen LogP) is 2.43. The van der Waals surface area contributed by atoms with Crippen LogP contribution in [0.4, 0.5) is 0 Å². The van der Waals surface area contributed by atoms with Crippen LogP contribution in [0, 0.1) is 16.7 Å². The highest BCUT2D eigenvalue weighted by molar-refractivity contribution is 6.17. The summed E-state index contributed by atoms with van der Waals surface area (Å²) in [6, 6.07) is 0.0252. The van der Waals surface area contributed by atoms with Crippen LogP contribution in [0.5, 0.6) is 0 Å². The number of methoxy groups -OCH3 is 1. The molecular formula is C13H24ClNO2. The number of amides is 1. The van der Waals surface area contributed by atoms with Gasteiger partial charge in [-0.1, -0.05) is 27.7 Å². The Morgan fingerprint density at radius 2 is 1.88 bits per heavy atom. The standard InChI is InChI=1S/C13H24ClNO2/c1-12(2)10(13(12,3)4)11(16)15-9(6-7-14)8-17-5/h9-10H,6-8H2,1-5H3,(H,15,16). The number of halogens is 1. The second-order valence-electron chi connectivity index (χ2n) is 6.01. The summed E-state index contributed by atoms with van der Waals surface area (Å²) in [5.74, 6) is 0.753. The van der Waals surface area contributed by atoms with E-state index in [1.807, 2.05) is 0 Å². The van der Waals surface area contributed by atoms with Gasteiger partial charge in [-0.05, 0) is 17.3 Å². The predicted molar refractivity (Wildman–Crippen MR) is 70.2 cm³/mol. The third-order valence-corrected chi connectivity index (χ3v) is 4.67. The third-order valence-electron chi connectivity index (χ3n) is 4.45. The van der Waals surface area contributed by atoms with Gasteiger partial charge in [0.1, 0.15) is 0 Å². The number of rotatable bonds is 6. The summed E-state index contributed by atoms with van der Waals surface area (Å²) in [7, 11) is 1.64. The van der Waals surface area contributed by atoms with Crippen LogP contribution in [-0.2, 0) is 9.53 Å². The van der Waals surface area contributed by atoms with E-state index in [1.165, 1.54) is 0 Å². The molecule has 0 radical (unpaired) electrons. The van der Waals surface area contributed by atoms with Gasteiger partial charge >= 0.3 is 0 Å². The van der Waals surface area contributed by atoms with Gasteiger partial charge in [0.2, 0.25) is 5.91 Å². The van der Waals surface area contributed by atoms with Crippen molar-refractivity contribution in [2.75, 3.05) is 19.6 Å². The fourth-order valence-corrected chi connectivity index (χ4v) is 2.93. The van der Waals surface area contributed by atoms with Gasteiger partial charge in [0, 0.05) is 18.9 Å². The van der Waals surface area contributed by atoms with Crippen molar-refractivity contribution in [1.82, 2.24) is 5.32 Å². The zero-order valence-electron chi connectivity index (χ0n) is 11.5. The Morgan fingerprint density at radius 3 is 2.24 bits per heavy atom. The maximum atomic E-state index is 12.2. The van der Waals surface area contributed by atoms with Crippen molar-refractivity contribution in [1.29, 1.82) is 0 Å². The van der Waals surface area contributed by atoms with E-state index in [-0.39, 0.29) is 28.7 Å². The van der Waals surface area contributed by atoms with Gasteiger partial charge in [-0.15, -0.1) is 11.6 Å². The molecule has 4 heteroatoms. The second kappa shape index (κ2) is 5.15. The van der Waals surface area contributed by atoms with E-state index in [0.29, 0.717) is 12.5 Å².